The Morgan fingerprint density at radius 3 is 1.23 bits per heavy atom. The summed E-state index contributed by atoms with van der Waals surface area (Å²) in [5.41, 5.74) is 2.99. The number of hydrogen-bond donors (Lipinski definition) is 2. The van der Waals surface area contributed by atoms with Gasteiger partial charge in [0, 0.05) is 61.4 Å². The van der Waals surface area contributed by atoms with Crippen LogP contribution in [-0.2, 0) is 5.92 Å². The second kappa shape index (κ2) is 15.0. The van der Waals surface area contributed by atoms with Gasteiger partial charge < -0.3 is 9.97 Å². The Bertz CT molecular complexity index is 3030. The van der Waals surface area contributed by atoms with E-state index in [-0.39, 0.29) is 50.5 Å². The van der Waals surface area contributed by atoms with Crippen LogP contribution in [0.3, 0.4) is 0 Å². The van der Waals surface area contributed by atoms with Gasteiger partial charge in [0.25, 0.3) is 0 Å². The first-order valence-electron chi connectivity index (χ1n) is 18.8. The number of hydrogen-bond acceptors (Lipinski definition) is 2. The van der Waals surface area contributed by atoms with Crippen LogP contribution in [0.4, 0.5) is 35.1 Å². The summed E-state index contributed by atoms with van der Waals surface area (Å²) in [6.45, 7) is 0. The van der Waals surface area contributed by atoms with Crippen molar-refractivity contribution >= 4 is 69.0 Å². The fourth-order valence-electron chi connectivity index (χ4n) is 7.71. The third-order valence-electron chi connectivity index (χ3n) is 10.6. The van der Waals surface area contributed by atoms with Gasteiger partial charge in [0.1, 0.15) is 0 Å². The summed E-state index contributed by atoms with van der Waals surface area (Å²) in [4.78, 5) is 16.3. The number of benzene rings is 4. The van der Waals surface area contributed by atoms with Gasteiger partial charge in [0.2, 0.25) is 0 Å². The fourth-order valence-corrected chi connectivity index (χ4v) is 8.05. The van der Waals surface area contributed by atoms with Crippen LogP contribution < -0.4 is 0 Å². The highest BCUT2D eigenvalue weighted by atomic mass is 127. The molecule has 2 N–H and O–H groups in total. The van der Waals surface area contributed by atoms with Crippen molar-refractivity contribution in [1.82, 2.24) is 19.9 Å². The van der Waals surface area contributed by atoms with Crippen molar-refractivity contribution in [1.29, 1.82) is 0 Å². The lowest BCUT2D eigenvalue weighted by molar-refractivity contribution is -0.346. The van der Waals surface area contributed by atoms with Gasteiger partial charge in [-0.05, 0) is 64.8 Å². The van der Waals surface area contributed by atoms with Gasteiger partial charge in [-0.25, -0.2) is 9.97 Å². The number of fused-ring (bicyclic) bond motifs is 8. The maximum atomic E-state index is 16.8. The first-order chi connectivity index (χ1) is 29.2. The average Bonchev–Trinajstić information content (AvgIpc) is 4.09. The molecule has 0 atom stereocenters. The van der Waals surface area contributed by atoms with E-state index in [9.17, 15) is 8.78 Å². The van der Waals surface area contributed by atoms with Gasteiger partial charge in [-0.1, -0.05) is 121 Å². The van der Waals surface area contributed by atoms with E-state index < -0.39 is 32.8 Å². The quantitative estimate of drug-likeness (QED) is 0.0906. The van der Waals surface area contributed by atoms with Crippen LogP contribution in [0.5, 0.6) is 0 Å². The number of nitrogens with zero attached hydrogens (tertiary/aromatic N) is 2. The first kappa shape index (κ1) is 40.1. The van der Waals surface area contributed by atoms with Crippen molar-refractivity contribution in [2.75, 3.05) is 0 Å². The van der Waals surface area contributed by atoms with Crippen molar-refractivity contribution in [2.45, 2.75) is 21.7 Å². The van der Waals surface area contributed by atoms with Crippen LogP contribution in [-0.4, -0.2) is 35.7 Å². The van der Waals surface area contributed by atoms with Crippen LogP contribution in [0.1, 0.15) is 28.3 Å². The number of alkyl halides is 9. The van der Waals surface area contributed by atoms with Crippen molar-refractivity contribution in [3.8, 4) is 44.5 Å². The van der Waals surface area contributed by atoms with E-state index in [4.69, 9.17) is 9.97 Å². The Labute approximate surface area is 356 Å². The lowest BCUT2D eigenvalue weighted by Gasteiger charge is -2.34. The number of halogens is 9. The predicted molar refractivity (Wildman–Crippen MR) is 233 cm³/mol. The Morgan fingerprint density at radius 1 is 0.393 bits per heavy atom. The zero-order chi connectivity index (χ0) is 42.7. The molecular weight excluding hydrogens is 911 g/mol. The molecular formula is C48H29F8IN4. The van der Waals surface area contributed by atoms with E-state index in [0.29, 0.717) is 56.4 Å². The highest BCUT2D eigenvalue weighted by Gasteiger charge is 2.80. The number of aromatic amines is 2. The van der Waals surface area contributed by atoms with Crippen LogP contribution in [0.15, 0.2) is 140 Å². The summed E-state index contributed by atoms with van der Waals surface area (Å²) in [5, 5.41) is 0. The van der Waals surface area contributed by atoms with Crippen LogP contribution in [0, 0.1) is 0 Å². The third-order valence-corrected chi connectivity index (χ3v) is 11.3. The molecule has 13 heteroatoms. The second-order valence-electron chi connectivity index (χ2n) is 14.4. The minimum atomic E-state index is -6.61. The van der Waals surface area contributed by atoms with Crippen LogP contribution in [0.25, 0.3) is 90.9 Å². The van der Waals surface area contributed by atoms with E-state index in [0.717, 1.165) is 5.56 Å². The van der Waals surface area contributed by atoms with Crippen molar-refractivity contribution in [2.24, 2.45) is 0 Å². The van der Waals surface area contributed by atoms with E-state index >= 15 is 26.3 Å². The third kappa shape index (κ3) is 6.75. The molecule has 4 nitrogen and oxygen atoms in total. The molecule has 0 radical (unpaired) electrons. The molecule has 0 saturated heterocycles. The zero-order valence-corrected chi connectivity index (χ0v) is 33.5. The molecule has 4 aromatic carbocycles. The number of nitrogens with one attached hydrogen (secondary N) is 2. The zero-order valence-electron chi connectivity index (χ0n) is 31.4. The molecule has 0 amide bonds. The van der Waals surface area contributed by atoms with Crippen LogP contribution >= 0.6 is 22.6 Å². The molecule has 2 aliphatic rings. The topological polar surface area (TPSA) is 57.4 Å². The lowest BCUT2D eigenvalue weighted by atomic mass is 9.94. The number of aromatic nitrogens is 4. The second-order valence-corrected chi connectivity index (χ2v) is 15.7. The summed E-state index contributed by atoms with van der Waals surface area (Å²) >= 11 is -0.231. The maximum absolute atomic E-state index is 16.8. The molecule has 0 unspecified atom stereocenters. The minimum Gasteiger partial charge on any atom is -0.354 e. The molecule has 0 saturated carbocycles. The van der Waals surface area contributed by atoms with Crippen molar-refractivity contribution in [3.63, 3.8) is 0 Å². The van der Waals surface area contributed by atoms with Gasteiger partial charge in [0.15, 0.2) is 0 Å². The molecule has 61 heavy (non-hydrogen) atoms. The largest absolute Gasteiger partial charge is 0.387 e. The van der Waals surface area contributed by atoms with Crippen molar-refractivity contribution < 1.29 is 35.1 Å². The van der Waals surface area contributed by atoms with Crippen LogP contribution in [0.2, 0.25) is 0 Å². The van der Waals surface area contributed by atoms with E-state index in [1.165, 1.54) is 18.2 Å². The van der Waals surface area contributed by atoms with E-state index in [1.54, 1.807) is 66.7 Å². The Kier molecular flexibility index (Phi) is 9.84. The summed E-state index contributed by atoms with van der Waals surface area (Å²) < 4.78 is 119. The number of rotatable bonds is 8. The molecule has 2 aliphatic heterocycles. The standard InChI is InChI=1S/C48H29F8IN4/c49-45(50,46(51,52)47(53,54)48(55,56)57)32-27-39-42(30-17-9-3-10-18-30)37-24-23-35(59-37)40(28-13-5-1-6-14-28)33-21-22-34(58-33)41(29-15-7-2-8-16-29)36-25-26-38(60-36)43(44(32)61-39)31-19-11-4-12-20-31/h1-27,59,61H. The average molecular weight is 941 g/mol. The monoisotopic (exact) mass is 940 g/mol. The summed E-state index contributed by atoms with van der Waals surface area (Å²) in [6.07, 6.45) is 6.83. The molecule has 5 heterocycles. The Balaban J connectivity index is 1.54. The summed E-state index contributed by atoms with van der Waals surface area (Å²) in [6, 6.07) is 38.8. The van der Waals surface area contributed by atoms with Gasteiger partial charge in [-0.2, -0.15) is 35.1 Å². The normalized spacial score (nSPS) is 13.2. The predicted octanol–water partition coefficient (Wildman–Crippen LogP) is 14.7. The van der Waals surface area contributed by atoms with E-state index in [2.05, 4.69) is 9.97 Å². The highest BCUT2D eigenvalue weighted by molar-refractivity contribution is 14.1. The maximum Gasteiger partial charge on any atom is 0.387 e. The fraction of sp³-hybridized carbons (Fsp3) is 0.0833. The first-order valence-corrected chi connectivity index (χ1v) is 19.9. The molecule has 8 bridgehead atoms. The molecule has 9 rings (SSSR count). The van der Waals surface area contributed by atoms with Crippen molar-refractivity contribution in [3.05, 3.63) is 168 Å². The SMILES string of the molecule is FC(F)(I)C(F)(F)C(F)(F)C(F)(F)c1cc2[nH]c1c(-c1ccccc1)c1nc(c(-c3ccccc3)c3nc(c(-c4ccccc4)c4ccc([nH]4)c2-c2ccccc2)C=C3)C=C1. The van der Waals surface area contributed by atoms with Gasteiger partial charge in [-0.15, -0.1) is 0 Å². The molecule has 0 fully saturated rings. The lowest BCUT2D eigenvalue weighted by Crippen LogP contribution is -2.59. The number of H-pyrrole nitrogens is 2. The summed E-state index contributed by atoms with van der Waals surface area (Å²) in [7, 11) is 0. The Morgan fingerprint density at radius 2 is 0.770 bits per heavy atom. The van der Waals surface area contributed by atoms with E-state index in [1.807, 2.05) is 72.8 Å². The Hall–Kier alpha value is -6.35. The minimum absolute atomic E-state index is 0.00629. The highest BCUT2D eigenvalue weighted by Crippen LogP contribution is 2.59. The molecule has 3 aromatic heterocycles. The van der Waals surface area contributed by atoms with Gasteiger partial charge in [-0.3, -0.25) is 0 Å². The molecule has 0 aliphatic carbocycles. The molecule has 0 spiro atoms. The molecule has 304 valence electrons. The van der Waals surface area contributed by atoms with Gasteiger partial charge in [0.05, 0.1) is 33.9 Å². The van der Waals surface area contributed by atoms with Gasteiger partial charge >= 0.3 is 21.7 Å². The summed E-state index contributed by atoms with van der Waals surface area (Å²) in [5.74, 6) is -19.0. The smallest absolute Gasteiger partial charge is 0.354 e. The molecule has 7 aromatic rings.